The van der Waals surface area contributed by atoms with Gasteiger partial charge in [-0.15, -0.1) is 11.3 Å². The summed E-state index contributed by atoms with van der Waals surface area (Å²) in [5.74, 6) is 0.422. The molecule has 0 fully saturated rings. The first kappa shape index (κ1) is 29.5. The molecule has 4 aliphatic rings. The summed E-state index contributed by atoms with van der Waals surface area (Å²) in [6, 6.07) is 61.9. The molecule has 12 rings (SSSR count). The largest absolute Gasteiger partial charge is 0.135 e. The van der Waals surface area contributed by atoms with Gasteiger partial charge in [0.2, 0.25) is 0 Å². The van der Waals surface area contributed by atoms with Crippen molar-refractivity contribution in [2.45, 2.75) is 23.7 Å². The van der Waals surface area contributed by atoms with Gasteiger partial charge in [-0.3, -0.25) is 0 Å². The van der Waals surface area contributed by atoms with Crippen molar-refractivity contribution >= 4 is 37.1 Å². The van der Waals surface area contributed by atoms with Crippen LogP contribution in [-0.2, 0) is 11.8 Å². The lowest BCUT2D eigenvalue weighted by Crippen LogP contribution is -2.29. The monoisotopic (exact) mass is 690 g/mol. The summed E-state index contributed by atoms with van der Waals surface area (Å²) in [6.45, 7) is 0. The van der Waals surface area contributed by atoms with E-state index in [2.05, 4.69) is 182 Å². The maximum Gasteiger partial charge on any atom is 0.0685 e. The van der Waals surface area contributed by atoms with Gasteiger partial charge in [0, 0.05) is 32.0 Å². The number of fused-ring (bicyclic) bond motifs is 17. The van der Waals surface area contributed by atoms with Crippen molar-refractivity contribution in [2.24, 2.45) is 0 Å². The Balaban J connectivity index is 1.05. The van der Waals surface area contributed by atoms with E-state index in [1.54, 1.807) is 0 Å². The van der Waals surface area contributed by atoms with E-state index >= 15 is 0 Å². The Bertz CT molecular complexity index is 2880. The highest BCUT2D eigenvalue weighted by atomic mass is 32.1. The van der Waals surface area contributed by atoms with Gasteiger partial charge in [0.25, 0.3) is 0 Å². The smallest absolute Gasteiger partial charge is 0.0685 e. The molecule has 1 heteroatoms. The van der Waals surface area contributed by atoms with Crippen LogP contribution in [0.2, 0.25) is 0 Å². The second kappa shape index (κ2) is 11.0. The number of benzene rings is 7. The van der Waals surface area contributed by atoms with Crippen LogP contribution in [-0.4, -0.2) is 0 Å². The molecule has 0 amide bonds. The predicted molar refractivity (Wildman–Crippen MR) is 223 cm³/mol. The third-order valence-electron chi connectivity index (χ3n) is 12.7. The SMILES string of the molecule is C1=C(c2ccc(-c3cccc4c3sc3ccccc34)cc2)C2=CC=C3C(c4ccccc4C34c3ccccc3-c3ccccc34)C2c2ccccc2C1. The van der Waals surface area contributed by atoms with Crippen LogP contribution in [0.4, 0.5) is 0 Å². The molecule has 7 aromatic carbocycles. The molecule has 1 aromatic heterocycles. The summed E-state index contributed by atoms with van der Waals surface area (Å²) in [7, 11) is 0. The Hall–Kier alpha value is -6.02. The van der Waals surface area contributed by atoms with Crippen LogP contribution in [0.15, 0.2) is 193 Å². The Labute approximate surface area is 313 Å². The van der Waals surface area contributed by atoms with Gasteiger partial charge in [0.1, 0.15) is 0 Å². The lowest BCUT2D eigenvalue weighted by Gasteiger charge is -2.38. The summed E-state index contributed by atoms with van der Waals surface area (Å²) in [4.78, 5) is 0. The topological polar surface area (TPSA) is 0 Å². The third-order valence-corrected chi connectivity index (χ3v) is 13.9. The Morgan fingerprint density at radius 3 is 1.91 bits per heavy atom. The molecule has 53 heavy (non-hydrogen) atoms. The van der Waals surface area contributed by atoms with Crippen molar-refractivity contribution in [3.63, 3.8) is 0 Å². The standard InChI is InChI=1S/C52H34S/c1-2-13-36-32(12-1)28-29-35(33-24-26-34(27-25-33)37-18-11-19-42-40-16-6-10-23-48(40)53-51(37)42)41-30-31-47-50(49(36)41)43-17-5-9-22-46(43)52(47)44-20-7-3-14-38(44)39-15-4-8-21-45(39)52/h1-27,29-31,49-50H,28H2. The van der Waals surface area contributed by atoms with Gasteiger partial charge in [0.05, 0.1) is 5.41 Å². The fraction of sp³-hybridized carbons (Fsp3) is 0.0769. The predicted octanol–water partition coefficient (Wildman–Crippen LogP) is 13.4. The minimum atomic E-state index is -0.309. The average Bonchev–Trinajstić information content (AvgIpc) is 3.81. The molecule has 4 aliphatic carbocycles. The van der Waals surface area contributed by atoms with E-state index in [-0.39, 0.29) is 17.3 Å². The summed E-state index contributed by atoms with van der Waals surface area (Å²) >= 11 is 1.90. The first-order valence-electron chi connectivity index (χ1n) is 18.8. The lowest BCUT2D eigenvalue weighted by atomic mass is 9.64. The van der Waals surface area contributed by atoms with Gasteiger partial charge in [-0.05, 0) is 90.4 Å². The molecule has 0 N–H and O–H groups in total. The van der Waals surface area contributed by atoms with E-state index in [0.717, 1.165) is 6.42 Å². The van der Waals surface area contributed by atoms with Crippen molar-refractivity contribution in [3.05, 3.63) is 232 Å². The molecule has 0 nitrogen and oxygen atoms in total. The molecule has 8 aromatic rings. The minimum absolute atomic E-state index is 0.201. The highest BCUT2D eigenvalue weighted by Crippen LogP contribution is 2.68. The number of allylic oxidation sites excluding steroid dienone is 6. The molecular weight excluding hydrogens is 657 g/mol. The Kier molecular flexibility index (Phi) is 6.13. The normalized spacial score (nSPS) is 18.6. The molecule has 0 saturated heterocycles. The fourth-order valence-electron chi connectivity index (χ4n) is 10.6. The first-order valence-corrected chi connectivity index (χ1v) is 19.6. The highest BCUT2D eigenvalue weighted by molar-refractivity contribution is 7.26. The van der Waals surface area contributed by atoms with Crippen LogP contribution in [0.5, 0.6) is 0 Å². The zero-order chi connectivity index (χ0) is 34.7. The molecule has 248 valence electrons. The van der Waals surface area contributed by atoms with Crippen molar-refractivity contribution in [1.29, 1.82) is 0 Å². The molecular formula is C52H34S. The van der Waals surface area contributed by atoms with E-state index in [4.69, 9.17) is 0 Å². The minimum Gasteiger partial charge on any atom is -0.135 e. The van der Waals surface area contributed by atoms with Crippen LogP contribution >= 0.6 is 11.3 Å². The van der Waals surface area contributed by atoms with E-state index in [9.17, 15) is 0 Å². The van der Waals surface area contributed by atoms with E-state index in [1.165, 1.54) is 98.1 Å². The van der Waals surface area contributed by atoms with Crippen molar-refractivity contribution in [2.75, 3.05) is 0 Å². The highest BCUT2D eigenvalue weighted by Gasteiger charge is 2.57. The quantitative estimate of drug-likeness (QED) is 0.169. The summed E-state index contributed by atoms with van der Waals surface area (Å²) < 4.78 is 2.71. The average molecular weight is 691 g/mol. The molecule has 2 atom stereocenters. The molecule has 1 spiro atoms. The third kappa shape index (κ3) is 3.90. The van der Waals surface area contributed by atoms with Crippen LogP contribution < -0.4 is 0 Å². The van der Waals surface area contributed by atoms with Crippen molar-refractivity contribution in [1.82, 2.24) is 0 Å². The van der Waals surface area contributed by atoms with Gasteiger partial charge in [-0.1, -0.05) is 176 Å². The van der Waals surface area contributed by atoms with Crippen LogP contribution in [0.25, 0.3) is 48.0 Å². The van der Waals surface area contributed by atoms with E-state index in [0.29, 0.717) is 0 Å². The Morgan fingerprint density at radius 1 is 0.472 bits per heavy atom. The first-order chi connectivity index (χ1) is 26.3. The zero-order valence-electron chi connectivity index (χ0n) is 29.1. The zero-order valence-corrected chi connectivity index (χ0v) is 29.9. The van der Waals surface area contributed by atoms with Crippen LogP contribution in [0.3, 0.4) is 0 Å². The van der Waals surface area contributed by atoms with E-state index in [1.807, 2.05) is 11.3 Å². The van der Waals surface area contributed by atoms with Crippen molar-refractivity contribution in [3.8, 4) is 22.3 Å². The number of hydrogen-bond acceptors (Lipinski definition) is 1. The summed E-state index contributed by atoms with van der Waals surface area (Å²) in [5, 5.41) is 2.69. The van der Waals surface area contributed by atoms with Crippen LogP contribution in [0.1, 0.15) is 50.8 Å². The van der Waals surface area contributed by atoms with Gasteiger partial charge in [-0.2, -0.15) is 0 Å². The second-order valence-electron chi connectivity index (χ2n) is 15.0. The van der Waals surface area contributed by atoms with E-state index < -0.39 is 0 Å². The van der Waals surface area contributed by atoms with Crippen molar-refractivity contribution < 1.29 is 0 Å². The van der Waals surface area contributed by atoms with Gasteiger partial charge in [0.15, 0.2) is 0 Å². The Morgan fingerprint density at radius 2 is 1.09 bits per heavy atom. The second-order valence-corrected chi connectivity index (χ2v) is 16.1. The molecule has 2 unspecified atom stereocenters. The van der Waals surface area contributed by atoms with Gasteiger partial charge in [-0.25, -0.2) is 0 Å². The maximum atomic E-state index is 2.52. The molecule has 0 radical (unpaired) electrons. The van der Waals surface area contributed by atoms with Gasteiger partial charge >= 0.3 is 0 Å². The summed E-state index contributed by atoms with van der Waals surface area (Å²) in [6.07, 6.45) is 8.44. The van der Waals surface area contributed by atoms with Crippen LogP contribution in [0, 0.1) is 0 Å². The molecule has 1 heterocycles. The molecule has 0 aliphatic heterocycles. The lowest BCUT2D eigenvalue weighted by molar-refractivity contribution is 0.639. The fourth-order valence-corrected chi connectivity index (χ4v) is 11.8. The summed E-state index contributed by atoms with van der Waals surface area (Å²) in [5.41, 5.74) is 19.2. The number of rotatable bonds is 2. The molecule has 0 bridgehead atoms. The number of thiophene rings is 1. The number of hydrogen-bond donors (Lipinski definition) is 0. The molecule has 0 saturated carbocycles. The van der Waals surface area contributed by atoms with Gasteiger partial charge < -0.3 is 0 Å². The maximum absolute atomic E-state index is 2.52.